The minimum atomic E-state index is -4.71. The molecule has 1 aliphatic heterocycles. The molecule has 1 aromatic heterocycles. The van der Waals surface area contributed by atoms with Gasteiger partial charge in [0, 0.05) is 16.9 Å². The van der Waals surface area contributed by atoms with Gasteiger partial charge in [0.25, 0.3) is 0 Å². The number of rotatable bonds is 5. The maximum atomic E-state index is 14.0. The monoisotopic (exact) mass is 553 g/mol. The molecule has 0 radical (unpaired) electrons. The van der Waals surface area contributed by atoms with Crippen LogP contribution in [0.4, 0.5) is 45.3 Å². The molecule has 40 heavy (non-hydrogen) atoms. The van der Waals surface area contributed by atoms with E-state index in [4.69, 9.17) is 9.83 Å². The van der Waals surface area contributed by atoms with Gasteiger partial charge < -0.3 is 30.4 Å². The first-order valence-corrected chi connectivity index (χ1v) is 11.6. The quantitative estimate of drug-likeness (QED) is 0.174. The minimum absolute atomic E-state index is 0.0181. The Labute approximate surface area is 223 Å². The lowest BCUT2D eigenvalue weighted by Crippen LogP contribution is -2.43. The molecule has 5 rings (SSSR count). The summed E-state index contributed by atoms with van der Waals surface area (Å²) in [4.78, 5) is 25.8. The molecule has 13 heteroatoms. The molecule has 2 heterocycles. The molecule has 5 N–H and O–H groups in total. The number of carboxylic acids is 1. The van der Waals surface area contributed by atoms with Gasteiger partial charge in [-0.15, -0.1) is 0 Å². The zero-order valence-electron chi connectivity index (χ0n) is 20.2. The normalized spacial score (nSPS) is 14.8. The molecule has 9 nitrogen and oxygen atoms in total. The van der Waals surface area contributed by atoms with E-state index in [1.165, 1.54) is 24.5 Å². The fraction of sp³-hybridized carbons (Fsp3) is 0.0741. The first-order chi connectivity index (χ1) is 19.0. The molecule has 0 spiro atoms. The Bertz CT molecular complexity index is 1620. The maximum Gasteiger partial charge on any atom is 0.416 e. The van der Waals surface area contributed by atoms with Gasteiger partial charge in [-0.05, 0) is 54.6 Å². The Kier molecular flexibility index (Phi) is 6.63. The van der Waals surface area contributed by atoms with E-state index in [0.29, 0.717) is 40.9 Å². The molecule has 4 aromatic rings. The van der Waals surface area contributed by atoms with Gasteiger partial charge in [-0.3, -0.25) is 5.41 Å². The van der Waals surface area contributed by atoms with E-state index in [9.17, 15) is 32.3 Å². The highest BCUT2D eigenvalue weighted by Crippen LogP contribution is 2.38. The first kappa shape index (κ1) is 26.3. The van der Waals surface area contributed by atoms with Crippen LogP contribution >= 0.6 is 0 Å². The first-order valence-electron chi connectivity index (χ1n) is 11.6. The fourth-order valence-electron chi connectivity index (χ4n) is 4.27. The molecule has 0 saturated carbocycles. The van der Waals surface area contributed by atoms with Gasteiger partial charge in [0.1, 0.15) is 17.8 Å². The number of anilines is 4. The van der Waals surface area contributed by atoms with Crippen LogP contribution in [0, 0.1) is 11.2 Å². The summed E-state index contributed by atoms with van der Waals surface area (Å²) in [7, 11) is 0. The van der Waals surface area contributed by atoms with Crippen molar-refractivity contribution in [2.45, 2.75) is 12.3 Å². The number of nitrogens with one attached hydrogen (secondary N) is 4. The fourth-order valence-corrected chi connectivity index (χ4v) is 4.27. The highest BCUT2D eigenvalue weighted by molar-refractivity contribution is 6.13. The van der Waals surface area contributed by atoms with Crippen molar-refractivity contribution in [2.24, 2.45) is 0 Å². The Morgan fingerprint density at radius 2 is 1.73 bits per heavy atom. The lowest BCUT2D eigenvalue weighted by atomic mass is 10.0. The zero-order valence-corrected chi connectivity index (χ0v) is 20.2. The Hall–Kier alpha value is -5.33. The number of hydrogen-bond donors (Lipinski definition) is 5. The van der Waals surface area contributed by atoms with Crippen LogP contribution in [0.15, 0.2) is 83.5 Å². The third-order valence-electron chi connectivity index (χ3n) is 6.12. The molecule has 0 saturated heterocycles. The number of urea groups is 1. The van der Waals surface area contributed by atoms with Crippen molar-refractivity contribution in [3.63, 3.8) is 0 Å². The Morgan fingerprint density at radius 3 is 2.42 bits per heavy atom. The van der Waals surface area contributed by atoms with Crippen molar-refractivity contribution < 1.29 is 36.7 Å². The summed E-state index contributed by atoms with van der Waals surface area (Å²) in [5, 5.41) is 26.1. The van der Waals surface area contributed by atoms with Crippen molar-refractivity contribution in [2.75, 3.05) is 20.9 Å². The van der Waals surface area contributed by atoms with Crippen LogP contribution in [0.2, 0.25) is 0 Å². The highest BCUT2D eigenvalue weighted by atomic mass is 19.4. The van der Waals surface area contributed by atoms with Crippen LogP contribution in [0.25, 0.3) is 0 Å². The number of furan rings is 1. The van der Waals surface area contributed by atoms with Crippen LogP contribution in [0.3, 0.4) is 0 Å². The van der Waals surface area contributed by atoms with Crippen LogP contribution in [-0.4, -0.2) is 22.9 Å². The lowest BCUT2D eigenvalue weighted by Gasteiger charge is -2.38. The van der Waals surface area contributed by atoms with Gasteiger partial charge in [-0.2, -0.15) is 13.2 Å². The molecular weight excluding hydrogens is 534 g/mol. The van der Waals surface area contributed by atoms with Crippen LogP contribution < -0.4 is 20.9 Å². The molecule has 204 valence electrons. The number of nitrogens with zero attached hydrogens (tertiary/aromatic N) is 1. The van der Waals surface area contributed by atoms with Gasteiger partial charge >= 0.3 is 18.2 Å². The van der Waals surface area contributed by atoms with E-state index in [1.54, 1.807) is 41.3 Å². The molecule has 0 fully saturated rings. The summed E-state index contributed by atoms with van der Waals surface area (Å²) >= 11 is 0. The zero-order chi connectivity index (χ0) is 28.6. The number of aromatic carboxylic acids is 1. The number of carbonyl (C=O) groups is 2. The smallest absolute Gasteiger partial charge is 0.416 e. The number of carbonyl (C=O) groups excluding carboxylic acids is 1. The van der Waals surface area contributed by atoms with E-state index in [1.807, 2.05) is 0 Å². The molecule has 3 aromatic carbocycles. The van der Waals surface area contributed by atoms with Crippen molar-refractivity contribution in [3.8, 4) is 0 Å². The van der Waals surface area contributed by atoms with Crippen molar-refractivity contribution >= 4 is 40.8 Å². The number of fused-ring (bicyclic) bond motifs is 1. The van der Waals surface area contributed by atoms with Gasteiger partial charge in [0.05, 0.1) is 28.6 Å². The van der Waals surface area contributed by atoms with E-state index in [-0.39, 0.29) is 17.1 Å². The summed E-state index contributed by atoms with van der Waals surface area (Å²) in [5.41, 5.74) is -0.274. The van der Waals surface area contributed by atoms with Crippen LogP contribution in [-0.2, 0) is 6.18 Å². The highest BCUT2D eigenvalue weighted by Gasteiger charge is 2.35. The number of carboxylic acid groups (broad SMARTS) is 1. The SMILES string of the molecule is N=C1c2ccoc2NC(c2ccccc2C(=O)O)N1c1ccc(NC(=O)Nc2cc(C(F)(F)F)ccc2F)cc1. The summed E-state index contributed by atoms with van der Waals surface area (Å²) in [5.74, 6) is -1.88. The molecule has 0 aliphatic carbocycles. The minimum Gasteiger partial charge on any atom is -0.478 e. The number of hydrogen-bond acceptors (Lipinski definition) is 5. The Morgan fingerprint density at radius 1 is 1.00 bits per heavy atom. The third-order valence-corrected chi connectivity index (χ3v) is 6.12. The van der Waals surface area contributed by atoms with E-state index in [2.05, 4.69) is 16.0 Å². The maximum absolute atomic E-state index is 14.0. The third kappa shape index (κ3) is 5.04. The molecular formula is C27H19F4N5O4. The second-order valence-electron chi connectivity index (χ2n) is 8.64. The average molecular weight is 553 g/mol. The molecule has 1 unspecified atom stereocenters. The van der Waals surface area contributed by atoms with Crippen molar-refractivity contribution in [1.29, 1.82) is 5.41 Å². The topological polar surface area (TPSA) is 131 Å². The van der Waals surface area contributed by atoms with Crippen molar-refractivity contribution in [3.05, 3.63) is 107 Å². The molecule has 1 atom stereocenters. The summed E-state index contributed by atoms with van der Waals surface area (Å²) in [6.07, 6.45) is -4.16. The summed E-state index contributed by atoms with van der Waals surface area (Å²) in [6.45, 7) is 0. The number of alkyl halides is 3. The van der Waals surface area contributed by atoms with Crippen LogP contribution in [0.5, 0.6) is 0 Å². The van der Waals surface area contributed by atoms with Crippen molar-refractivity contribution in [1.82, 2.24) is 0 Å². The predicted molar refractivity (Wildman–Crippen MR) is 138 cm³/mol. The van der Waals surface area contributed by atoms with E-state index >= 15 is 0 Å². The largest absolute Gasteiger partial charge is 0.478 e. The van der Waals surface area contributed by atoms with E-state index in [0.717, 1.165) is 0 Å². The van der Waals surface area contributed by atoms with Gasteiger partial charge in [0.15, 0.2) is 0 Å². The number of amidine groups is 1. The second kappa shape index (κ2) is 10.1. The molecule has 0 bridgehead atoms. The summed E-state index contributed by atoms with van der Waals surface area (Å²) in [6, 6.07) is 14.6. The standard InChI is InChI=1S/C27H19F4N5O4/c28-20-10-5-14(27(29,30)31)13-21(20)34-26(39)33-15-6-8-16(9-7-15)36-22(32)19-11-12-40-24(19)35-23(36)17-3-1-2-4-18(17)25(37)38/h1-13,23,32,35H,(H,37,38)(H2,33,34,39). The molecule has 2 amide bonds. The second-order valence-corrected chi connectivity index (χ2v) is 8.64. The number of halogens is 4. The average Bonchev–Trinajstić information content (AvgIpc) is 3.39. The molecule has 1 aliphatic rings. The summed E-state index contributed by atoms with van der Waals surface area (Å²) < 4.78 is 58.3. The number of benzene rings is 3. The van der Waals surface area contributed by atoms with Gasteiger partial charge in [0.2, 0.25) is 5.88 Å². The number of amides is 2. The van der Waals surface area contributed by atoms with Gasteiger partial charge in [-0.25, -0.2) is 14.0 Å². The lowest BCUT2D eigenvalue weighted by molar-refractivity contribution is -0.137. The van der Waals surface area contributed by atoms with Gasteiger partial charge in [-0.1, -0.05) is 18.2 Å². The predicted octanol–water partition coefficient (Wildman–Crippen LogP) is 6.74. The van der Waals surface area contributed by atoms with E-state index < -0.39 is 41.4 Å². The Balaban J connectivity index is 1.40. The van der Waals surface area contributed by atoms with Crippen LogP contribution in [0.1, 0.15) is 33.2 Å².